The topological polar surface area (TPSA) is 38.7 Å². The van der Waals surface area contributed by atoms with Gasteiger partial charge in [-0.15, -0.1) is 0 Å². The summed E-state index contributed by atoms with van der Waals surface area (Å²) in [5.74, 6) is 0.0596. The SMILES string of the molecule is CCCC(=O)/C(C)=N/OC. The Labute approximate surface area is 61.1 Å². The maximum absolute atomic E-state index is 10.9. The van der Waals surface area contributed by atoms with Crippen molar-refractivity contribution in [2.45, 2.75) is 26.7 Å². The molecule has 0 aliphatic rings. The van der Waals surface area contributed by atoms with Crippen LogP contribution < -0.4 is 0 Å². The molecule has 0 aliphatic heterocycles. The van der Waals surface area contributed by atoms with Crippen LogP contribution in [-0.2, 0) is 9.63 Å². The molecule has 0 amide bonds. The molecular formula is C7H13NO2. The van der Waals surface area contributed by atoms with Gasteiger partial charge < -0.3 is 4.84 Å². The molecule has 0 aromatic carbocycles. The monoisotopic (exact) mass is 143 g/mol. The third-order valence-corrected chi connectivity index (χ3v) is 1.11. The van der Waals surface area contributed by atoms with Crippen molar-refractivity contribution in [1.82, 2.24) is 0 Å². The largest absolute Gasteiger partial charge is 0.399 e. The van der Waals surface area contributed by atoms with Crippen LogP contribution in [0.3, 0.4) is 0 Å². The second-order valence-corrected chi connectivity index (χ2v) is 2.03. The molecule has 10 heavy (non-hydrogen) atoms. The molecule has 0 fully saturated rings. The summed E-state index contributed by atoms with van der Waals surface area (Å²) in [7, 11) is 1.43. The van der Waals surface area contributed by atoms with Crippen LogP contribution in [0.2, 0.25) is 0 Å². The second kappa shape index (κ2) is 4.97. The molecule has 0 bridgehead atoms. The van der Waals surface area contributed by atoms with E-state index in [0.717, 1.165) is 6.42 Å². The Morgan fingerprint density at radius 3 is 2.60 bits per heavy atom. The van der Waals surface area contributed by atoms with E-state index in [0.29, 0.717) is 12.1 Å². The van der Waals surface area contributed by atoms with Crippen LogP contribution in [0.1, 0.15) is 26.7 Å². The number of nitrogens with zero attached hydrogens (tertiary/aromatic N) is 1. The van der Waals surface area contributed by atoms with Crippen LogP contribution in [0.4, 0.5) is 0 Å². The zero-order valence-electron chi connectivity index (χ0n) is 6.68. The van der Waals surface area contributed by atoms with Gasteiger partial charge in [-0.3, -0.25) is 4.79 Å². The van der Waals surface area contributed by atoms with Gasteiger partial charge in [0, 0.05) is 6.42 Å². The zero-order chi connectivity index (χ0) is 7.98. The second-order valence-electron chi connectivity index (χ2n) is 2.03. The number of Topliss-reactive ketones (excluding diaryl/α,β-unsaturated/α-hetero) is 1. The first-order valence-electron chi connectivity index (χ1n) is 3.33. The molecule has 3 heteroatoms. The summed E-state index contributed by atoms with van der Waals surface area (Å²) in [5.41, 5.74) is 0.448. The fraction of sp³-hybridized carbons (Fsp3) is 0.714. The molecule has 0 unspecified atom stereocenters. The summed E-state index contributed by atoms with van der Waals surface area (Å²) < 4.78 is 0. The lowest BCUT2D eigenvalue weighted by Gasteiger charge is -1.94. The third kappa shape index (κ3) is 3.22. The summed E-state index contributed by atoms with van der Waals surface area (Å²) in [4.78, 5) is 15.4. The maximum Gasteiger partial charge on any atom is 0.180 e. The number of hydrogen-bond donors (Lipinski definition) is 0. The molecule has 0 aliphatic carbocycles. The summed E-state index contributed by atoms with van der Waals surface area (Å²) >= 11 is 0. The molecule has 0 rings (SSSR count). The first-order chi connectivity index (χ1) is 4.72. The van der Waals surface area contributed by atoms with Crippen molar-refractivity contribution in [2.24, 2.45) is 5.16 Å². The van der Waals surface area contributed by atoms with E-state index in [-0.39, 0.29) is 5.78 Å². The molecule has 0 aromatic rings. The van der Waals surface area contributed by atoms with Gasteiger partial charge in [-0.05, 0) is 13.3 Å². The molecule has 0 radical (unpaired) electrons. The quantitative estimate of drug-likeness (QED) is 0.440. The van der Waals surface area contributed by atoms with Crippen LogP contribution in [0.5, 0.6) is 0 Å². The molecule has 0 saturated heterocycles. The zero-order valence-corrected chi connectivity index (χ0v) is 6.68. The van der Waals surface area contributed by atoms with E-state index in [4.69, 9.17) is 0 Å². The highest BCUT2D eigenvalue weighted by atomic mass is 16.6. The number of hydrogen-bond acceptors (Lipinski definition) is 3. The van der Waals surface area contributed by atoms with Crippen molar-refractivity contribution >= 4 is 11.5 Å². The Morgan fingerprint density at radius 1 is 1.60 bits per heavy atom. The van der Waals surface area contributed by atoms with E-state index in [1.807, 2.05) is 6.92 Å². The van der Waals surface area contributed by atoms with Crippen molar-refractivity contribution in [3.8, 4) is 0 Å². The van der Waals surface area contributed by atoms with Crippen LogP contribution in [0.15, 0.2) is 5.16 Å². The van der Waals surface area contributed by atoms with Gasteiger partial charge in [-0.25, -0.2) is 0 Å². The van der Waals surface area contributed by atoms with E-state index in [1.54, 1.807) is 6.92 Å². The minimum absolute atomic E-state index is 0.0596. The fourth-order valence-corrected chi connectivity index (χ4v) is 0.596. The molecule has 0 aromatic heterocycles. The lowest BCUT2D eigenvalue weighted by Crippen LogP contribution is -2.09. The number of ketones is 1. The van der Waals surface area contributed by atoms with E-state index in [1.165, 1.54) is 7.11 Å². The standard InChI is InChI=1S/C7H13NO2/c1-4-5-7(9)6(2)8-10-3/h4-5H2,1-3H3/b8-6+. The normalized spacial score (nSPS) is 11.3. The first kappa shape index (κ1) is 9.14. The van der Waals surface area contributed by atoms with Gasteiger partial charge in [0.2, 0.25) is 0 Å². The highest BCUT2D eigenvalue weighted by Crippen LogP contribution is 1.91. The lowest BCUT2D eigenvalue weighted by atomic mass is 10.2. The van der Waals surface area contributed by atoms with Gasteiger partial charge >= 0.3 is 0 Å². The summed E-state index contributed by atoms with van der Waals surface area (Å²) in [6, 6.07) is 0. The molecule has 0 saturated carbocycles. The van der Waals surface area contributed by atoms with Crippen molar-refractivity contribution in [2.75, 3.05) is 7.11 Å². The highest BCUT2D eigenvalue weighted by Gasteiger charge is 2.03. The molecule has 3 nitrogen and oxygen atoms in total. The van der Waals surface area contributed by atoms with Crippen LogP contribution in [-0.4, -0.2) is 18.6 Å². The number of carbonyl (C=O) groups excluding carboxylic acids is 1. The van der Waals surface area contributed by atoms with Gasteiger partial charge in [0.15, 0.2) is 5.78 Å². The summed E-state index contributed by atoms with van der Waals surface area (Å²) in [6.07, 6.45) is 1.41. The van der Waals surface area contributed by atoms with Crippen molar-refractivity contribution in [3.63, 3.8) is 0 Å². The number of rotatable bonds is 4. The van der Waals surface area contributed by atoms with E-state index < -0.39 is 0 Å². The summed E-state index contributed by atoms with van der Waals surface area (Å²) in [5, 5.41) is 3.51. The molecule has 0 spiro atoms. The average Bonchev–Trinajstić information content (AvgIpc) is 1.89. The Morgan fingerprint density at radius 2 is 2.20 bits per heavy atom. The van der Waals surface area contributed by atoms with E-state index in [9.17, 15) is 4.79 Å². The lowest BCUT2D eigenvalue weighted by molar-refractivity contribution is -0.113. The fourth-order valence-electron chi connectivity index (χ4n) is 0.596. The van der Waals surface area contributed by atoms with Crippen molar-refractivity contribution in [1.29, 1.82) is 0 Å². The molecule has 0 N–H and O–H groups in total. The summed E-state index contributed by atoms with van der Waals surface area (Å²) in [6.45, 7) is 3.61. The smallest absolute Gasteiger partial charge is 0.180 e. The Bertz CT molecular complexity index is 141. The van der Waals surface area contributed by atoms with Crippen LogP contribution in [0.25, 0.3) is 0 Å². The Balaban J connectivity index is 3.82. The maximum atomic E-state index is 10.9. The molecule has 58 valence electrons. The molecule has 0 heterocycles. The minimum atomic E-state index is 0.0596. The minimum Gasteiger partial charge on any atom is -0.399 e. The number of oxime groups is 1. The molecular weight excluding hydrogens is 130 g/mol. The van der Waals surface area contributed by atoms with Crippen molar-refractivity contribution in [3.05, 3.63) is 0 Å². The third-order valence-electron chi connectivity index (χ3n) is 1.11. The number of carbonyl (C=O) groups is 1. The van der Waals surface area contributed by atoms with Crippen molar-refractivity contribution < 1.29 is 9.63 Å². The predicted molar refractivity (Wildman–Crippen MR) is 40.0 cm³/mol. The van der Waals surface area contributed by atoms with Crippen LogP contribution >= 0.6 is 0 Å². The van der Waals surface area contributed by atoms with Gasteiger partial charge in [-0.2, -0.15) is 0 Å². The van der Waals surface area contributed by atoms with Gasteiger partial charge in [-0.1, -0.05) is 12.1 Å². The Hall–Kier alpha value is -0.860. The average molecular weight is 143 g/mol. The Kier molecular flexibility index (Phi) is 4.54. The first-order valence-corrected chi connectivity index (χ1v) is 3.33. The van der Waals surface area contributed by atoms with Gasteiger partial charge in [0.05, 0.1) is 0 Å². The van der Waals surface area contributed by atoms with Gasteiger partial charge in [0.1, 0.15) is 12.8 Å². The highest BCUT2D eigenvalue weighted by molar-refractivity contribution is 6.38. The van der Waals surface area contributed by atoms with E-state index in [2.05, 4.69) is 9.99 Å². The van der Waals surface area contributed by atoms with Crippen LogP contribution in [0, 0.1) is 0 Å². The predicted octanol–water partition coefficient (Wildman–Crippen LogP) is 1.38. The van der Waals surface area contributed by atoms with E-state index >= 15 is 0 Å². The van der Waals surface area contributed by atoms with Gasteiger partial charge in [0.25, 0.3) is 0 Å². The molecule has 0 atom stereocenters.